The molecule has 1 heterocycles. The van der Waals surface area contributed by atoms with Crippen LogP contribution in [0.15, 0.2) is 33.9 Å². The van der Waals surface area contributed by atoms with Crippen LogP contribution in [0.25, 0.3) is 5.69 Å². The molecular formula is C15H17ClN2O2. The van der Waals surface area contributed by atoms with Gasteiger partial charge in [-0.15, -0.1) is 0 Å². The number of hydrogen-bond acceptors (Lipinski definition) is 2. The highest BCUT2D eigenvalue weighted by Gasteiger charge is 2.12. The van der Waals surface area contributed by atoms with E-state index in [0.29, 0.717) is 23.6 Å². The van der Waals surface area contributed by atoms with Crippen LogP contribution in [0.3, 0.4) is 0 Å². The van der Waals surface area contributed by atoms with E-state index in [1.54, 1.807) is 12.1 Å². The van der Waals surface area contributed by atoms with Gasteiger partial charge in [0.05, 0.1) is 11.3 Å². The minimum atomic E-state index is -0.519. The van der Waals surface area contributed by atoms with Gasteiger partial charge < -0.3 is 0 Å². The Labute approximate surface area is 122 Å². The summed E-state index contributed by atoms with van der Waals surface area (Å²) in [6.07, 6.45) is 0.471. The van der Waals surface area contributed by atoms with E-state index in [4.69, 9.17) is 11.6 Å². The van der Waals surface area contributed by atoms with Gasteiger partial charge in [0.2, 0.25) is 0 Å². The van der Waals surface area contributed by atoms with Crippen LogP contribution in [0, 0.1) is 0 Å². The average molecular weight is 293 g/mol. The summed E-state index contributed by atoms with van der Waals surface area (Å²) in [5, 5.41) is 0.123. The molecule has 106 valence electrons. The maximum Gasteiger partial charge on any atom is 0.334 e. The van der Waals surface area contributed by atoms with Crippen LogP contribution in [-0.4, -0.2) is 9.55 Å². The zero-order chi connectivity index (χ0) is 14.9. The second-order valence-corrected chi connectivity index (χ2v) is 5.34. The van der Waals surface area contributed by atoms with Crippen LogP contribution in [-0.2, 0) is 6.42 Å². The molecule has 0 aliphatic heterocycles. The monoisotopic (exact) mass is 292 g/mol. The minimum absolute atomic E-state index is 0.123. The van der Waals surface area contributed by atoms with Crippen LogP contribution in [0.5, 0.6) is 0 Å². The van der Waals surface area contributed by atoms with E-state index in [0.717, 1.165) is 10.1 Å². The van der Waals surface area contributed by atoms with Gasteiger partial charge in [-0.3, -0.25) is 9.78 Å². The quantitative estimate of drug-likeness (QED) is 0.885. The highest BCUT2D eigenvalue weighted by atomic mass is 35.5. The molecule has 0 saturated carbocycles. The standard InChI is InChI=1S/C15H17ClN2O2/c1-4-12-13(16)17-15(20)18(14(12)19)11-7-5-10(6-8-11)9(2)3/h5-9H,4H2,1-3H3,(H,17,20). The van der Waals surface area contributed by atoms with Crippen molar-refractivity contribution in [3.63, 3.8) is 0 Å². The largest absolute Gasteiger partial charge is 0.334 e. The predicted octanol–water partition coefficient (Wildman–Crippen LogP) is 2.87. The fraction of sp³-hybridized carbons (Fsp3) is 0.333. The summed E-state index contributed by atoms with van der Waals surface area (Å²) in [4.78, 5) is 26.8. The number of aromatic amines is 1. The van der Waals surface area contributed by atoms with Gasteiger partial charge in [-0.1, -0.05) is 44.5 Å². The lowest BCUT2D eigenvalue weighted by Crippen LogP contribution is -2.36. The summed E-state index contributed by atoms with van der Waals surface area (Å²) in [6, 6.07) is 7.40. The van der Waals surface area contributed by atoms with E-state index in [1.165, 1.54) is 0 Å². The maximum atomic E-state index is 12.3. The Morgan fingerprint density at radius 2 is 1.80 bits per heavy atom. The highest BCUT2D eigenvalue weighted by molar-refractivity contribution is 6.30. The number of aromatic nitrogens is 2. The van der Waals surface area contributed by atoms with E-state index in [9.17, 15) is 9.59 Å². The van der Waals surface area contributed by atoms with E-state index >= 15 is 0 Å². The van der Waals surface area contributed by atoms with Gasteiger partial charge in [0.1, 0.15) is 5.15 Å². The topological polar surface area (TPSA) is 54.9 Å². The SMILES string of the molecule is CCc1c(Cl)[nH]c(=O)n(-c2ccc(C(C)C)cc2)c1=O. The van der Waals surface area contributed by atoms with Crippen molar-refractivity contribution in [2.75, 3.05) is 0 Å². The van der Waals surface area contributed by atoms with Gasteiger partial charge >= 0.3 is 5.69 Å². The van der Waals surface area contributed by atoms with Crippen molar-refractivity contribution in [3.05, 3.63) is 61.4 Å². The molecule has 4 nitrogen and oxygen atoms in total. The first kappa shape index (κ1) is 14.6. The molecule has 0 radical (unpaired) electrons. The second kappa shape index (κ2) is 5.67. The molecule has 2 rings (SSSR count). The fourth-order valence-electron chi connectivity index (χ4n) is 2.10. The first-order chi connectivity index (χ1) is 9.45. The lowest BCUT2D eigenvalue weighted by molar-refractivity contribution is 0.834. The van der Waals surface area contributed by atoms with Crippen LogP contribution in [0.2, 0.25) is 5.15 Å². The van der Waals surface area contributed by atoms with Gasteiger partial charge in [0, 0.05) is 0 Å². The zero-order valence-corrected chi connectivity index (χ0v) is 12.5. The molecule has 20 heavy (non-hydrogen) atoms. The summed E-state index contributed by atoms with van der Waals surface area (Å²) in [7, 11) is 0. The van der Waals surface area contributed by atoms with Gasteiger partial charge in [-0.05, 0) is 30.0 Å². The van der Waals surface area contributed by atoms with Crippen molar-refractivity contribution in [3.8, 4) is 5.69 Å². The Morgan fingerprint density at radius 3 is 2.30 bits per heavy atom. The number of benzene rings is 1. The van der Waals surface area contributed by atoms with E-state index in [1.807, 2.05) is 19.1 Å². The first-order valence-corrected chi connectivity index (χ1v) is 6.97. The Morgan fingerprint density at radius 1 is 1.20 bits per heavy atom. The Balaban J connectivity index is 2.64. The van der Waals surface area contributed by atoms with Gasteiger partial charge in [0.25, 0.3) is 5.56 Å². The normalized spacial score (nSPS) is 11.1. The molecule has 2 aromatic rings. The number of halogens is 1. The van der Waals surface area contributed by atoms with Crippen molar-refractivity contribution in [1.82, 2.24) is 9.55 Å². The molecule has 5 heteroatoms. The summed E-state index contributed by atoms with van der Waals surface area (Å²) >= 11 is 5.89. The number of rotatable bonds is 3. The molecule has 1 N–H and O–H groups in total. The maximum absolute atomic E-state index is 12.3. The molecule has 0 fully saturated rings. The third kappa shape index (κ3) is 2.56. The van der Waals surface area contributed by atoms with Crippen molar-refractivity contribution in [2.45, 2.75) is 33.1 Å². The highest BCUT2D eigenvalue weighted by Crippen LogP contribution is 2.16. The van der Waals surface area contributed by atoms with Crippen LogP contribution >= 0.6 is 11.6 Å². The molecule has 0 atom stereocenters. The second-order valence-electron chi connectivity index (χ2n) is 4.96. The molecular weight excluding hydrogens is 276 g/mol. The van der Waals surface area contributed by atoms with E-state index < -0.39 is 5.69 Å². The lowest BCUT2D eigenvalue weighted by Gasteiger charge is -2.10. The van der Waals surface area contributed by atoms with Crippen molar-refractivity contribution in [1.29, 1.82) is 0 Å². The molecule has 0 aliphatic carbocycles. The summed E-state index contributed by atoms with van der Waals surface area (Å²) in [5.74, 6) is 0.399. The molecule has 0 aliphatic rings. The van der Waals surface area contributed by atoms with Crippen LogP contribution in [0.1, 0.15) is 37.8 Å². The third-order valence-corrected chi connectivity index (χ3v) is 3.64. The first-order valence-electron chi connectivity index (χ1n) is 6.59. The molecule has 0 unspecified atom stereocenters. The van der Waals surface area contributed by atoms with Crippen LogP contribution in [0.4, 0.5) is 0 Å². The Kier molecular flexibility index (Phi) is 4.14. The third-order valence-electron chi connectivity index (χ3n) is 3.32. The van der Waals surface area contributed by atoms with Crippen molar-refractivity contribution >= 4 is 11.6 Å². The van der Waals surface area contributed by atoms with Crippen molar-refractivity contribution < 1.29 is 0 Å². The van der Waals surface area contributed by atoms with Gasteiger partial charge in [-0.25, -0.2) is 9.36 Å². The average Bonchev–Trinajstić information content (AvgIpc) is 2.39. The molecule has 0 bridgehead atoms. The summed E-state index contributed by atoms with van der Waals surface area (Å²) in [5.41, 5.74) is 1.24. The number of nitrogens with one attached hydrogen (secondary N) is 1. The van der Waals surface area contributed by atoms with Gasteiger partial charge in [0.15, 0.2) is 0 Å². The zero-order valence-electron chi connectivity index (χ0n) is 11.7. The molecule has 1 aromatic carbocycles. The molecule has 0 amide bonds. The summed E-state index contributed by atoms with van der Waals surface area (Å²) < 4.78 is 1.12. The lowest BCUT2D eigenvalue weighted by atomic mass is 10.0. The molecule has 1 aromatic heterocycles. The molecule has 0 saturated heterocycles. The minimum Gasteiger partial charge on any atom is -0.297 e. The van der Waals surface area contributed by atoms with Crippen molar-refractivity contribution in [2.24, 2.45) is 0 Å². The smallest absolute Gasteiger partial charge is 0.297 e. The fourth-order valence-corrected chi connectivity index (χ4v) is 2.39. The van der Waals surface area contributed by atoms with E-state index in [-0.39, 0.29) is 10.7 Å². The molecule has 0 spiro atoms. The Hall–Kier alpha value is -1.81. The number of H-pyrrole nitrogens is 1. The predicted molar refractivity (Wildman–Crippen MR) is 81.1 cm³/mol. The van der Waals surface area contributed by atoms with Crippen LogP contribution < -0.4 is 11.2 Å². The number of nitrogens with zero attached hydrogens (tertiary/aromatic N) is 1. The van der Waals surface area contributed by atoms with Gasteiger partial charge in [-0.2, -0.15) is 0 Å². The summed E-state index contributed by atoms with van der Waals surface area (Å²) in [6.45, 7) is 6.00. The Bertz CT molecular complexity index is 727. The number of hydrogen-bond donors (Lipinski definition) is 1. The van der Waals surface area contributed by atoms with E-state index in [2.05, 4.69) is 18.8 Å².